The smallest absolute Gasteiger partial charge is 0.268 e. The van der Waals surface area contributed by atoms with Gasteiger partial charge in [0.05, 0.1) is 5.56 Å². The van der Waals surface area contributed by atoms with E-state index in [0.29, 0.717) is 18.7 Å². The molecule has 1 N–H and O–H groups in total. The Morgan fingerprint density at radius 3 is 2.62 bits per heavy atom. The second-order valence-electron chi connectivity index (χ2n) is 3.55. The molecule has 1 aromatic rings. The molecule has 0 atom stereocenters. The van der Waals surface area contributed by atoms with E-state index in [9.17, 15) is 13.2 Å². The third-order valence-corrected chi connectivity index (χ3v) is 4.58. The number of hydrogen-bond acceptors (Lipinski definition) is 4. The van der Waals surface area contributed by atoms with Crippen LogP contribution in [0.5, 0.6) is 0 Å². The number of nitrogens with zero attached hydrogens (tertiary/aromatic N) is 1. The number of hydrogen-bond donors (Lipinski definition) is 1. The maximum Gasteiger partial charge on any atom is 0.304 e. The van der Waals surface area contributed by atoms with Gasteiger partial charge in [-0.05, 0) is 24.3 Å². The molecule has 1 aliphatic rings. The molecule has 1 aliphatic heterocycles. The fourth-order valence-electron chi connectivity index (χ4n) is 1.56. The van der Waals surface area contributed by atoms with Crippen LogP contribution in [0.15, 0.2) is 16.8 Å². The van der Waals surface area contributed by atoms with Gasteiger partial charge >= 0.3 is 10.2 Å². The maximum absolute atomic E-state index is 11.7. The van der Waals surface area contributed by atoms with Crippen LogP contribution in [0.2, 0.25) is 0 Å². The summed E-state index contributed by atoms with van der Waals surface area (Å²) >= 11 is 1.36. The van der Waals surface area contributed by atoms with Crippen LogP contribution in [0.1, 0.15) is 23.2 Å². The predicted octanol–water partition coefficient (Wildman–Crippen LogP) is 0.819. The van der Waals surface area contributed by atoms with Crippen molar-refractivity contribution in [1.82, 2.24) is 9.03 Å². The van der Waals surface area contributed by atoms with Gasteiger partial charge in [-0.15, -0.1) is 0 Å². The van der Waals surface area contributed by atoms with E-state index in [-0.39, 0.29) is 0 Å². The van der Waals surface area contributed by atoms with Crippen LogP contribution in [0.4, 0.5) is 0 Å². The highest BCUT2D eigenvalue weighted by molar-refractivity contribution is 7.87. The van der Waals surface area contributed by atoms with E-state index < -0.39 is 16.1 Å². The van der Waals surface area contributed by atoms with Gasteiger partial charge in [-0.25, -0.2) is 4.72 Å². The van der Waals surface area contributed by atoms with Crippen molar-refractivity contribution >= 4 is 27.5 Å². The predicted molar refractivity (Wildman–Crippen MR) is 61.5 cm³/mol. The molecule has 1 aromatic heterocycles. The molecule has 7 heteroatoms. The minimum Gasteiger partial charge on any atom is -0.268 e. The molecule has 0 unspecified atom stereocenters. The zero-order valence-electron chi connectivity index (χ0n) is 8.55. The second kappa shape index (κ2) is 4.52. The molecule has 5 nitrogen and oxygen atoms in total. The maximum atomic E-state index is 11.7. The SMILES string of the molecule is O=C(NS(=O)(=O)N1CCCC1)c1ccsc1. The number of amides is 1. The van der Waals surface area contributed by atoms with E-state index in [1.807, 2.05) is 0 Å². The number of nitrogens with one attached hydrogen (secondary N) is 1. The first-order chi connectivity index (χ1) is 7.59. The van der Waals surface area contributed by atoms with Crippen LogP contribution in [0.25, 0.3) is 0 Å². The number of carbonyl (C=O) groups is 1. The molecule has 0 saturated carbocycles. The van der Waals surface area contributed by atoms with E-state index in [4.69, 9.17) is 0 Å². The van der Waals surface area contributed by atoms with Gasteiger partial charge in [0, 0.05) is 18.5 Å². The summed E-state index contributed by atoms with van der Waals surface area (Å²) < 4.78 is 26.8. The Hall–Kier alpha value is -0.920. The lowest BCUT2D eigenvalue weighted by Gasteiger charge is -2.15. The van der Waals surface area contributed by atoms with Gasteiger partial charge in [0.15, 0.2) is 0 Å². The summed E-state index contributed by atoms with van der Waals surface area (Å²) in [5.74, 6) is -0.562. The average molecular weight is 260 g/mol. The topological polar surface area (TPSA) is 66.5 Å². The van der Waals surface area contributed by atoms with Crippen molar-refractivity contribution in [2.75, 3.05) is 13.1 Å². The van der Waals surface area contributed by atoms with Gasteiger partial charge in [-0.2, -0.15) is 24.1 Å². The fraction of sp³-hybridized carbons (Fsp3) is 0.444. The highest BCUT2D eigenvalue weighted by Crippen LogP contribution is 2.12. The molecular weight excluding hydrogens is 248 g/mol. The van der Waals surface area contributed by atoms with Crippen LogP contribution in [-0.4, -0.2) is 31.7 Å². The molecule has 2 heterocycles. The summed E-state index contributed by atoms with van der Waals surface area (Å²) in [7, 11) is -3.65. The average Bonchev–Trinajstić information content (AvgIpc) is 2.91. The molecule has 0 bridgehead atoms. The van der Waals surface area contributed by atoms with Gasteiger partial charge in [-0.1, -0.05) is 0 Å². The van der Waals surface area contributed by atoms with E-state index in [0.717, 1.165) is 12.8 Å². The molecule has 88 valence electrons. The molecule has 16 heavy (non-hydrogen) atoms. The summed E-state index contributed by atoms with van der Waals surface area (Å²) in [4.78, 5) is 11.6. The Balaban J connectivity index is 2.06. The summed E-state index contributed by atoms with van der Waals surface area (Å²) in [5, 5.41) is 3.35. The molecule has 0 aliphatic carbocycles. The van der Waals surface area contributed by atoms with Crippen LogP contribution < -0.4 is 4.72 Å². The number of rotatable bonds is 3. The lowest BCUT2D eigenvalue weighted by atomic mass is 10.3. The highest BCUT2D eigenvalue weighted by atomic mass is 32.2. The third kappa shape index (κ3) is 2.42. The van der Waals surface area contributed by atoms with Crippen LogP contribution in [-0.2, 0) is 10.2 Å². The van der Waals surface area contributed by atoms with E-state index in [1.54, 1.807) is 16.8 Å². The summed E-state index contributed by atoms with van der Waals surface area (Å²) in [6.07, 6.45) is 1.71. The van der Waals surface area contributed by atoms with Crippen molar-refractivity contribution < 1.29 is 13.2 Å². The molecule has 2 rings (SSSR count). The van der Waals surface area contributed by atoms with Gasteiger partial charge < -0.3 is 0 Å². The van der Waals surface area contributed by atoms with Crippen LogP contribution >= 0.6 is 11.3 Å². The quantitative estimate of drug-likeness (QED) is 0.875. The number of carbonyl (C=O) groups excluding carboxylic acids is 1. The molecule has 1 amide bonds. The fourth-order valence-corrected chi connectivity index (χ4v) is 3.42. The lowest BCUT2D eigenvalue weighted by molar-refractivity contribution is 0.0980. The Morgan fingerprint density at radius 2 is 2.06 bits per heavy atom. The van der Waals surface area contributed by atoms with Crippen molar-refractivity contribution in [3.8, 4) is 0 Å². The Bertz CT molecular complexity index is 461. The zero-order chi connectivity index (χ0) is 11.6. The van der Waals surface area contributed by atoms with Crippen LogP contribution in [0.3, 0.4) is 0 Å². The molecule has 0 aromatic carbocycles. The minimum absolute atomic E-state index is 0.382. The molecular formula is C9H12N2O3S2. The minimum atomic E-state index is -3.65. The zero-order valence-corrected chi connectivity index (χ0v) is 10.2. The first-order valence-corrected chi connectivity index (χ1v) is 7.32. The first kappa shape index (κ1) is 11.6. The Labute approximate surface area is 98.3 Å². The largest absolute Gasteiger partial charge is 0.304 e. The van der Waals surface area contributed by atoms with Crippen molar-refractivity contribution in [1.29, 1.82) is 0 Å². The number of thiophene rings is 1. The van der Waals surface area contributed by atoms with Crippen molar-refractivity contribution in [3.63, 3.8) is 0 Å². The van der Waals surface area contributed by atoms with Crippen molar-refractivity contribution in [2.45, 2.75) is 12.8 Å². The van der Waals surface area contributed by atoms with E-state index in [2.05, 4.69) is 4.72 Å². The lowest BCUT2D eigenvalue weighted by Crippen LogP contribution is -2.41. The van der Waals surface area contributed by atoms with Gasteiger partial charge in [-0.3, -0.25) is 4.79 Å². The van der Waals surface area contributed by atoms with Gasteiger partial charge in [0.1, 0.15) is 0 Å². The monoisotopic (exact) mass is 260 g/mol. The third-order valence-electron chi connectivity index (χ3n) is 2.41. The molecule has 0 spiro atoms. The highest BCUT2D eigenvalue weighted by Gasteiger charge is 2.27. The van der Waals surface area contributed by atoms with Crippen molar-refractivity contribution in [2.24, 2.45) is 0 Å². The van der Waals surface area contributed by atoms with Crippen LogP contribution in [0, 0.1) is 0 Å². The normalized spacial score (nSPS) is 17.5. The van der Waals surface area contributed by atoms with Gasteiger partial charge in [0.25, 0.3) is 5.91 Å². The van der Waals surface area contributed by atoms with Gasteiger partial charge in [0.2, 0.25) is 0 Å². The van der Waals surface area contributed by atoms with E-state index in [1.165, 1.54) is 15.6 Å². The second-order valence-corrected chi connectivity index (χ2v) is 6.01. The standard InChI is InChI=1S/C9H12N2O3S2/c12-9(8-3-6-15-7-8)10-16(13,14)11-4-1-2-5-11/h3,6-7H,1-2,4-5H2,(H,10,12). The summed E-state index contributed by atoms with van der Waals surface area (Å²) in [6, 6.07) is 1.60. The molecule has 1 saturated heterocycles. The van der Waals surface area contributed by atoms with E-state index >= 15 is 0 Å². The first-order valence-electron chi connectivity index (χ1n) is 4.94. The Morgan fingerprint density at radius 1 is 1.38 bits per heavy atom. The molecule has 1 fully saturated rings. The molecule has 0 radical (unpaired) electrons. The summed E-state index contributed by atoms with van der Waals surface area (Å²) in [6.45, 7) is 0.985. The van der Waals surface area contributed by atoms with Crippen molar-refractivity contribution in [3.05, 3.63) is 22.4 Å². The summed E-state index contributed by atoms with van der Waals surface area (Å²) in [5.41, 5.74) is 0.382. The Kier molecular flexibility index (Phi) is 3.27.